The van der Waals surface area contributed by atoms with E-state index in [1.54, 1.807) is 14.1 Å². The molecule has 0 aliphatic carbocycles. The Kier molecular flexibility index (Phi) is 5.66. The topological polar surface area (TPSA) is 40.6 Å². The van der Waals surface area contributed by atoms with Gasteiger partial charge in [-0.1, -0.05) is 29.8 Å². The second-order valence-electron chi connectivity index (χ2n) is 5.76. The Hall–Kier alpha value is -0.620. The maximum atomic E-state index is 11.7. The zero-order valence-electron chi connectivity index (χ0n) is 12.6. The van der Waals surface area contributed by atoms with Gasteiger partial charge in [-0.3, -0.25) is 0 Å². The van der Waals surface area contributed by atoms with E-state index in [-0.39, 0.29) is 5.75 Å². The fourth-order valence-electron chi connectivity index (χ4n) is 2.75. The molecule has 2 rings (SSSR count). The van der Waals surface area contributed by atoms with Crippen LogP contribution in [-0.2, 0) is 10.0 Å². The van der Waals surface area contributed by atoms with E-state index in [0.717, 1.165) is 31.1 Å². The summed E-state index contributed by atoms with van der Waals surface area (Å²) >= 11 is 6.25. The van der Waals surface area contributed by atoms with Crippen molar-refractivity contribution in [2.24, 2.45) is 0 Å². The number of hydrogen-bond acceptors (Lipinski definition) is 3. The molecule has 4 nitrogen and oxygen atoms in total. The van der Waals surface area contributed by atoms with Crippen LogP contribution in [0.2, 0.25) is 5.02 Å². The summed E-state index contributed by atoms with van der Waals surface area (Å²) in [5.41, 5.74) is 1.21. The van der Waals surface area contributed by atoms with Crippen molar-refractivity contribution in [3.8, 4) is 0 Å². The number of nitrogens with zero attached hydrogens (tertiary/aromatic N) is 2. The standard InChI is InChI=1S/C15H23ClN2O2S/c1-17(2)21(19,20)11-5-9-18-10-8-13(12-18)14-6-3-4-7-15(14)16/h3-4,6-7,13H,5,8-12H2,1-2H3/t13-/m0/s1. The molecule has 1 saturated heterocycles. The van der Waals surface area contributed by atoms with Crippen molar-refractivity contribution in [2.75, 3.05) is 39.5 Å². The molecule has 6 heteroatoms. The Balaban J connectivity index is 1.83. The molecule has 0 radical (unpaired) electrons. The van der Waals surface area contributed by atoms with Gasteiger partial charge in [0, 0.05) is 25.7 Å². The largest absolute Gasteiger partial charge is 0.303 e. The Morgan fingerprint density at radius 1 is 1.33 bits per heavy atom. The number of benzene rings is 1. The van der Waals surface area contributed by atoms with E-state index in [9.17, 15) is 8.42 Å². The zero-order chi connectivity index (χ0) is 15.5. The van der Waals surface area contributed by atoms with Crippen molar-refractivity contribution in [3.63, 3.8) is 0 Å². The smallest absolute Gasteiger partial charge is 0.213 e. The molecule has 1 fully saturated rings. The first-order valence-electron chi connectivity index (χ1n) is 7.27. The van der Waals surface area contributed by atoms with Crippen LogP contribution in [-0.4, -0.2) is 57.1 Å². The normalized spacial score (nSPS) is 20.3. The van der Waals surface area contributed by atoms with Crippen LogP contribution < -0.4 is 0 Å². The number of halogens is 1. The summed E-state index contributed by atoms with van der Waals surface area (Å²) in [6, 6.07) is 7.99. The van der Waals surface area contributed by atoms with E-state index >= 15 is 0 Å². The van der Waals surface area contributed by atoms with E-state index in [4.69, 9.17) is 11.6 Å². The van der Waals surface area contributed by atoms with E-state index in [2.05, 4.69) is 11.0 Å². The Morgan fingerprint density at radius 3 is 2.71 bits per heavy atom. The van der Waals surface area contributed by atoms with Gasteiger partial charge in [-0.05, 0) is 43.5 Å². The van der Waals surface area contributed by atoms with Gasteiger partial charge in [-0.25, -0.2) is 12.7 Å². The molecule has 1 aromatic rings. The van der Waals surface area contributed by atoms with Crippen molar-refractivity contribution in [3.05, 3.63) is 34.9 Å². The van der Waals surface area contributed by atoms with Gasteiger partial charge in [0.1, 0.15) is 0 Å². The van der Waals surface area contributed by atoms with Gasteiger partial charge in [0.15, 0.2) is 0 Å². The lowest BCUT2D eigenvalue weighted by Gasteiger charge is -2.17. The van der Waals surface area contributed by atoms with Crippen LogP contribution in [0.1, 0.15) is 24.3 Å². The number of rotatable bonds is 6. The Bertz CT molecular complexity index is 575. The average Bonchev–Trinajstić information content (AvgIpc) is 2.87. The van der Waals surface area contributed by atoms with Gasteiger partial charge in [0.05, 0.1) is 5.75 Å². The highest BCUT2D eigenvalue weighted by atomic mass is 35.5. The third-order valence-electron chi connectivity index (χ3n) is 4.05. The van der Waals surface area contributed by atoms with Crippen LogP contribution >= 0.6 is 11.6 Å². The first kappa shape index (κ1) is 16.7. The van der Waals surface area contributed by atoms with Gasteiger partial charge in [-0.15, -0.1) is 0 Å². The van der Waals surface area contributed by atoms with Crippen LogP contribution in [0.15, 0.2) is 24.3 Å². The summed E-state index contributed by atoms with van der Waals surface area (Å²) in [6.45, 7) is 2.80. The Morgan fingerprint density at radius 2 is 2.05 bits per heavy atom. The molecule has 1 aliphatic heterocycles. The highest BCUT2D eigenvalue weighted by molar-refractivity contribution is 7.89. The average molecular weight is 331 g/mol. The van der Waals surface area contributed by atoms with Gasteiger partial charge in [-0.2, -0.15) is 0 Å². The number of sulfonamides is 1. The molecule has 1 heterocycles. The minimum Gasteiger partial charge on any atom is -0.303 e. The van der Waals surface area contributed by atoms with E-state index in [1.165, 1.54) is 9.87 Å². The summed E-state index contributed by atoms with van der Waals surface area (Å²) in [4.78, 5) is 2.33. The van der Waals surface area contributed by atoms with E-state index < -0.39 is 10.0 Å². The third kappa shape index (κ3) is 4.42. The summed E-state index contributed by atoms with van der Waals surface area (Å²) in [7, 11) is 0.0872. The monoisotopic (exact) mass is 330 g/mol. The molecule has 118 valence electrons. The summed E-state index contributed by atoms with van der Waals surface area (Å²) in [6.07, 6.45) is 1.76. The molecule has 0 bridgehead atoms. The van der Waals surface area contributed by atoms with Gasteiger partial charge in [0.25, 0.3) is 0 Å². The van der Waals surface area contributed by atoms with Crippen molar-refractivity contribution in [2.45, 2.75) is 18.8 Å². The minimum absolute atomic E-state index is 0.216. The fraction of sp³-hybridized carbons (Fsp3) is 0.600. The summed E-state index contributed by atoms with van der Waals surface area (Å²) in [5.74, 6) is 0.678. The van der Waals surface area contributed by atoms with Crippen molar-refractivity contribution in [1.82, 2.24) is 9.21 Å². The van der Waals surface area contributed by atoms with Crippen molar-refractivity contribution >= 4 is 21.6 Å². The quantitative estimate of drug-likeness (QED) is 0.804. The van der Waals surface area contributed by atoms with Crippen LogP contribution in [0.25, 0.3) is 0 Å². The predicted molar refractivity (Wildman–Crippen MR) is 87.3 cm³/mol. The van der Waals surface area contributed by atoms with Crippen LogP contribution in [0.5, 0.6) is 0 Å². The lowest BCUT2D eigenvalue weighted by Crippen LogP contribution is -2.28. The molecule has 0 unspecified atom stereocenters. The van der Waals surface area contributed by atoms with Crippen LogP contribution in [0.4, 0.5) is 0 Å². The summed E-state index contributed by atoms with van der Waals surface area (Å²) in [5, 5.41) is 0.833. The SMILES string of the molecule is CN(C)S(=O)(=O)CCCN1CC[C@H](c2ccccc2Cl)C1. The lowest BCUT2D eigenvalue weighted by atomic mass is 9.98. The first-order chi connectivity index (χ1) is 9.90. The van der Waals surface area contributed by atoms with Crippen molar-refractivity contribution in [1.29, 1.82) is 0 Å². The van der Waals surface area contributed by atoms with E-state index in [0.29, 0.717) is 12.3 Å². The highest BCUT2D eigenvalue weighted by Crippen LogP contribution is 2.31. The predicted octanol–water partition coefficient (Wildman–Crippen LogP) is 2.41. The molecule has 1 atom stereocenters. The number of hydrogen-bond donors (Lipinski definition) is 0. The van der Waals surface area contributed by atoms with Crippen molar-refractivity contribution < 1.29 is 8.42 Å². The lowest BCUT2D eigenvalue weighted by molar-refractivity contribution is 0.334. The first-order valence-corrected chi connectivity index (χ1v) is 9.26. The molecular weight excluding hydrogens is 308 g/mol. The van der Waals surface area contributed by atoms with Gasteiger partial charge >= 0.3 is 0 Å². The molecule has 21 heavy (non-hydrogen) atoms. The second-order valence-corrected chi connectivity index (χ2v) is 8.47. The number of likely N-dealkylation sites (tertiary alicyclic amines) is 1. The molecule has 0 saturated carbocycles. The zero-order valence-corrected chi connectivity index (χ0v) is 14.2. The molecule has 0 spiro atoms. The fourth-order valence-corrected chi connectivity index (χ4v) is 3.90. The molecule has 1 aliphatic rings. The minimum atomic E-state index is -3.08. The maximum absolute atomic E-state index is 11.7. The van der Waals surface area contributed by atoms with E-state index in [1.807, 2.05) is 18.2 Å². The summed E-state index contributed by atoms with van der Waals surface area (Å²) < 4.78 is 24.7. The van der Waals surface area contributed by atoms with Gasteiger partial charge < -0.3 is 4.90 Å². The van der Waals surface area contributed by atoms with Crippen LogP contribution in [0, 0.1) is 0 Å². The molecule has 0 amide bonds. The highest BCUT2D eigenvalue weighted by Gasteiger charge is 2.25. The molecule has 0 aromatic heterocycles. The molecule has 0 N–H and O–H groups in total. The van der Waals surface area contributed by atoms with Crippen LogP contribution in [0.3, 0.4) is 0 Å². The maximum Gasteiger partial charge on any atom is 0.213 e. The van der Waals surface area contributed by atoms with Gasteiger partial charge in [0.2, 0.25) is 10.0 Å². The second kappa shape index (κ2) is 7.09. The Labute approximate surface area is 132 Å². The molecular formula is C15H23ClN2O2S. The molecule has 1 aromatic carbocycles. The third-order valence-corrected chi connectivity index (χ3v) is 6.31.